The van der Waals surface area contributed by atoms with Gasteiger partial charge in [-0.15, -0.1) is 0 Å². The zero-order chi connectivity index (χ0) is 22.9. The lowest BCUT2D eigenvalue weighted by molar-refractivity contribution is -0.163. The third kappa shape index (κ3) is 4.92. The van der Waals surface area contributed by atoms with E-state index in [0.717, 1.165) is 12.0 Å². The first-order valence-corrected chi connectivity index (χ1v) is 11.9. The van der Waals surface area contributed by atoms with E-state index in [9.17, 15) is 14.7 Å². The van der Waals surface area contributed by atoms with E-state index in [-0.39, 0.29) is 49.1 Å². The van der Waals surface area contributed by atoms with E-state index < -0.39 is 5.60 Å². The van der Waals surface area contributed by atoms with Crippen LogP contribution in [0, 0.1) is 11.8 Å². The summed E-state index contributed by atoms with van der Waals surface area (Å²) in [5.41, 5.74) is -0.701. The van der Waals surface area contributed by atoms with Gasteiger partial charge in [0.1, 0.15) is 0 Å². The monoisotopic (exact) mass is 484 g/mol. The molecule has 1 aromatic rings. The quantitative estimate of drug-likeness (QED) is 0.712. The smallest absolute Gasteiger partial charge is 0.257 e. The number of rotatable bonds is 3. The van der Waals surface area contributed by atoms with Crippen molar-refractivity contribution in [1.29, 1.82) is 0 Å². The van der Waals surface area contributed by atoms with Crippen LogP contribution < -0.4 is 0 Å². The van der Waals surface area contributed by atoms with Crippen molar-refractivity contribution in [3.63, 3.8) is 0 Å². The Balaban J connectivity index is 1.52. The van der Waals surface area contributed by atoms with Crippen LogP contribution in [0.25, 0.3) is 0 Å². The Morgan fingerprint density at radius 1 is 1.16 bits per heavy atom. The molecular formula is C23H30Cl2N2O5. The largest absolute Gasteiger partial charge is 0.379 e. The normalized spacial score (nSPS) is 31.1. The minimum atomic E-state index is -1.50. The van der Waals surface area contributed by atoms with Gasteiger partial charge in [-0.05, 0) is 36.0 Å². The topological polar surface area (TPSA) is 79.3 Å². The molecule has 1 N–H and O–H groups in total. The molecule has 7 nitrogen and oxygen atoms in total. The van der Waals surface area contributed by atoms with Crippen LogP contribution in [0.2, 0.25) is 10.0 Å². The van der Waals surface area contributed by atoms with Crippen molar-refractivity contribution >= 4 is 35.0 Å². The number of hydrogen-bond acceptors (Lipinski definition) is 5. The second kappa shape index (κ2) is 9.85. The molecule has 3 saturated heterocycles. The van der Waals surface area contributed by atoms with Crippen LogP contribution in [0.1, 0.15) is 25.3 Å². The fourth-order valence-electron chi connectivity index (χ4n) is 5.04. The molecule has 0 aliphatic carbocycles. The van der Waals surface area contributed by atoms with Gasteiger partial charge in [-0.2, -0.15) is 0 Å². The Morgan fingerprint density at radius 2 is 1.97 bits per heavy atom. The highest BCUT2D eigenvalue weighted by atomic mass is 35.5. The lowest BCUT2D eigenvalue weighted by Crippen LogP contribution is -2.61. The molecular weight excluding hydrogens is 455 g/mol. The van der Waals surface area contributed by atoms with Crippen molar-refractivity contribution in [3.8, 4) is 0 Å². The predicted octanol–water partition coefficient (Wildman–Crippen LogP) is 2.40. The highest BCUT2D eigenvalue weighted by Gasteiger charge is 2.47. The minimum Gasteiger partial charge on any atom is -0.379 e. The molecule has 3 fully saturated rings. The van der Waals surface area contributed by atoms with Crippen molar-refractivity contribution < 1.29 is 24.2 Å². The standard InChI is InChI=1S/C23H30Cl2N2O5/c1-15-12-32-13-20-17(15)4-6-26(21(28)11-16-2-3-18(24)19(25)10-16)7-8-27(20)22(29)23(30)5-9-31-14-23/h2-3,10,15,17,20,30H,4-9,11-14H2,1H3. The summed E-state index contributed by atoms with van der Waals surface area (Å²) < 4.78 is 11.1. The maximum atomic E-state index is 13.4. The molecule has 0 aromatic heterocycles. The highest BCUT2D eigenvalue weighted by Crippen LogP contribution is 2.33. The van der Waals surface area contributed by atoms with Crippen molar-refractivity contribution in [2.24, 2.45) is 11.8 Å². The summed E-state index contributed by atoms with van der Waals surface area (Å²) in [6, 6.07) is 5.11. The second-order valence-corrected chi connectivity index (χ2v) is 9.99. The van der Waals surface area contributed by atoms with Gasteiger partial charge in [0.15, 0.2) is 5.60 Å². The number of carbonyl (C=O) groups is 2. The highest BCUT2D eigenvalue weighted by molar-refractivity contribution is 6.42. The van der Waals surface area contributed by atoms with Gasteiger partial charge in [0.2, 0.25) is 5.91 Å². The van der Waals surface area contributed by atoms with E-state index in [2.05, 4.69) is 6.92 Å². The number of carbonyl (C=O) groups excluding carboxylic acids is 2. The molecule has 0 bridgehead atoms. The number of fused-ring (bicyclic) bond motifs is 1. The summed E-state index contributed by atoms with van der Waals surface area (Å²) in [6.45, 7) is 4.97. The fourth-order valence-corrected chi connectivity index (χ4v) is 5.36. The first-order valence-electron chi connectivity index (χ1n) is 11.2. The molecule has 3 heterocycles. The molecule has 4 unspecified atom stereocenters. The molecule has 32 heavy (non-hydrogen) atoms. The van der Waals surface area contributed by atoms with Crippen molar-refractivity contribution in [1.82, 2.24) is 9.80 Å². The van der Waals surface area contributed by atoms with Crippen LogP contribution in [0.3, 0.4) is 0 Å². The molecule has 0 spiro atoms. The van der Waals surface area contributed by atoms with E-state index in [4.69, 9.17) is 32.7 Å². The van der Waals surface area contributed by atoms with Crippen LogP contribution in [0.5, 0.6) is 0 Å². The van der Waals surface area contributed by atoms with Gasteiger partial charge in [-0.1, -0.05) is 36.2 Å². The Hall–Kier alpha value is -1.38. The summed E-state index contributed by atoms with van der Waals surface area (Å²) in [4.78, 5) is 30.1. The van der Waals surface area contributed by atoms with Crippen LogP contribution in [0.15, 0.2) is 18.2 Å². The van der Waals surface area contributed by atoms with Gasteiger partial charge in [-0.3, -0.25) is 9.59 Å². The molecule has 176 valence electrons. The van der Waals surface area contributed by atoms with E-state index in [1.807, 2.05) is 4.90 Å². The first-order chi connectivity index (χ1) is 15.3. The van der Waals surface area contributed by atoms with Crippen LogP contribution in [0.4, 0.5) is 0 Å². The Bertz CT molecular complexity index is 861. The maximum Gasteiger partial charge on any atom is 0.257 e. The maximum absolute atomic E-state index is 13.4. The molecule has 2 amide bonds. The number of benzene rings is 1. The molecule has 3 aliphatic heterocycles. The molecule has 9 heteroatoms. The molecule has 0 radical (unpaired) electrons. The predicted molar refractivity (Wildman–Crippen MR) is 121 cm³/mol. The first kappa shape index (κ1) is 23.8. The third-order valence-corrected chi connectivity index (χ3v) is 7.73. The Kier molecular flexibility index (Phi) is 7.32. The van der Waals surface area contributed by atoms with Gasteiger partial charge in [0.25, 0.3) is 5.91 Å². The van der Waals surface area contributed by atoms with E-state index in [0.29, 0.717) is 49.5 Å². The second-order valence-electron chi connectivity index (χ2n) is 9.17. The van der Waals surface area contributed by atoms with Crippen molar-refractivity contribution in [3.05, 3.63) is 33.8 Å². The number of aliphatic hydroxyl groups is 1. The minimum absolute atomic E-state index is 0.0100. The summed E-state index contributed by atoms with van der Waals surface area (Å²) in [6.07, 6.45) is 1.28. The van der Waals surface area contributed by atoms with Gasteiger partial charge in [0.05, 0.1) is 42.3 Å². The van der Waals surface area contributed by atoms with Crippen molar-refractivity contribution in [2.45, 2.75) is 37.8 Å². The SMILES string of the molecule is CC1COCC2C1CCN(C(=O)Cc1ccc(Cl)c(Cl)c1)CCN2C(=O)C1(O)CCOC1. The average Bonchev–Trinajstić information content (AvgIpc) is 3.19. The van der Waals surface area contributed by atoms with E-state index in [1.165, 1.54) is 0 Å². The molecule has 3 aliphatic rings. The summed E-state index contributed by atoms with van der Waals surface area (Å²) in [7, 11) is 0. The van der Waals surface area contributed by atoms with Crippen LogP contribution >= 0.6 is 23.2 Å². The van der Waals surface area contributed by atoms with Crippen molar-refractivity contribution in [2.75, 3.05) is 46.1 Å². The number of halogens is 2. The zero-order valence-electron chi connectivity index (χ0n) is 18.3. The van der Waals surface area contributed by atoms with E-state index in [1.54, 1.807) is 23.1 Å². The summed E-state index contributed by atoms with van der Waals surface area (Å²) in [5.74, 6) is 0.112. The molecule has 1 aromatic carbocycles. The fraction of sp³-hybridized carbons (Fsp3) is 0.652. The van der Waals surface area contributed by atoms with Gasteiger partial charge >= 0.3 is 0 Å². The number of ether oxygens (including phenoxy) is 2. The molecule has 0 saturated carbocycles. The average molecular weight is 485 g/mol. The number of hydrogen-bond donors (Lipinski definition) is 1. The number of amides is 2. The zero-order valence-corrected chi connectivity index (χ0v) is 19.8. The summed E-state index contributed by atoms with van der Waals surface area (Å²) >= 11 is 12.1. The van der Waals surface area contributed by atoms with Gasteiger partial charge in [-0.25, -0.2) is 0 Å². The Morgan fingerprint density at radius 3 is 2.69 bits per heavy atom. The van der Waals surface area contributed by atoms with Gasteiger partial charge < -0.3 is 24.4 Å². The summed E-state index contributed by atoms with van der Waals surface area (Å²) in [5, 5.41) is 11.8. The lowest BCUT2D eigenvalue weighted by atomic mass is 9.81. The third-order valence-electron chi connectivity index (χ3n) is 6.99. The number of nitrogens with zero attached hydrogens (tertiary/aromatic N) is 2. The van der Waals surface area contributed by atoms with Gasteiger partial charge in [0, 0.05) is 32.7 Å². The Labute approximate surface area is 198 Å². The van der Waals surface area contributed by atoms with Crippen LogP contribution in [-0.2, 0) is 25.5 Å². The molecule has 4 rings (SSSR count). The molecule has 4 atom stereocenters. The van der Waals surface area contributed by atoms with Crippen LogP contribution in [-0.4, -0.2) is 84.4 Å². The lowest BCUT2D eigenvalue weighted by Gasteiger charge is -2.47. The van der Waals surface area contributed by atoms with E-state index >= 15 is 0 Å².